The van der Waals surface area contributed by atoms with E-state index in [0.29, 0.717) is 28.5 Å². The summed E-state index contributed by atoms with van der Waals surface area (Å²) >= 11 is 0. The lowest BCUT2D eigenvalue weighted by Gasteiger charge is -2.08. The third-order valence-corrected chi connectivity index (χ3v) is 4.25. The van der Waals surface area contributed by atoms with Gasteiger partial charge >= 0.3 is 0 Å². The van der Waals surface area contributed by atoms with Gasteiger partial charge in [0.05, 0.1) is 11.8 Å². The Hall–Kier alpha value is -3.40. The van der Waals surface area contributed by atoms with Gasteiger partial charge < -0.3 is 15.4 Å². The molecule has 3 N–H and O–H groups in total. The Morgan fingerprint density at radius 1 is 1.28 bits per heavy atom. The summed E-state index contributed by atoms with van der Waals surface area (Å²) in [6.45, 7) is 1.41. The molecule has 4 heterocycles. The summed E-state index contributed by atoms with van der Waals surface area (Å²) in [5, 5.41) is 17.6. The second-order valence-corrected chi connectivity index (χ2v) is 6.64. The third-order valence-electron chi connectivity index (χ3n) is 4.25. The van der Waals surface area contributed by atoms with Gasteiger partial charge in [0.1, 0.15) is 17.9 Å². The normalized spacial score (nSPS) is 12.6. The number of H-pyrrole nitrogens is 1. The zero-order chi connectivity index (χ0) is 20.4. The van der Waals surface area contributed by atoms with E-state index in [1.807, 2.05) is 12.1 Å². The standard InChI is InChI=1S/C19H19F2N7O/c1-11(29)7-25-19-23-5-3-15(26-19)14-9-28(10-16(20)21)27-17(14)13-6-12-2-4-22-18(12)24-8-13/h2-6,8-9,11,16,29H,7,10H2,1H3,(H,22,24)(H,23,25,26)/t11-/m0/s1. The minimum atomic E-state index is -2.53. The van der Waals surface area contributed by atoms with Gasteiger partial charge in [-0.2, -0.15) is 5.10 Å². The van der Waals surface area contributed by atoms with Crippen molar-refractivity contribution in [2.45, 2.75) is 26.0 Å². The van der Waals surface area contributed by atoms with E-state index in [1.165, 1.54) is 4.68 Å². The molecule has 10 heteroatoms. The molecule has 4 rings (SSSR count). The van der Waals surface area contributed by atoms with Crippen molar-refractivity contribution in [3.63, 3.8) is 0 Å². The molecular weight excluding hydrogens is 380 g/mol. The molecule has 150 valence electrons. The highest BCUT2D eigenvalue weighted by molar-refractivity contribution is 5.85. The summed E-state index contributed by atoms with van der Waals surface area (Å²) in [5.74, 6) is 0.329. The van der Waals surface area contributed by atoms with Gasteiger partial charge in [-0.1, -0.05) is 0 Å². The minimum absolute atomic E-state index is 0.287. The van der Waals surface area contributed by atoms with Crippen molar-refractivity contribution >= 4 is 17.0 Å². The molecule has 29 heavy (non-hydrogen) atoms. The molecule has 0 saturated heterocycles. The van der Waals surface area contributed by atoms with Gasteiger partial charge in [0.15, 0.2) is 0 Å². The molecule has 0 aliphatic rings. The van der Waals surface area contributed by atoms with E-state index < -0.39 is 19.1 Å². The number of hydrogen-bond donors (Lipinski definition) is 3. The lowest BCUT2D eigenvalue weighted by molar-refractivity contribution is 0.122. The zero-order valence-electron chi connectivity index (χ0n) is 15.5. The van der Waals surface area contributed by atoms with Crippen LogP contribution in [0.4, 0.5) is 14.7 Å². The molecule has 1 atom stereocenters. The number of fused-ring (bicyclic) bond motifs is 1. The van der Waals surface area contributed by atoms with Crippen LogP contribution in [0.1, 0.15) is 6.92 Å². The summed E-state index contributed by atoms with van der Waals surface area (Å²) in [7, 11) is 0. The number of aromatic nitrogens is 6. The van der Waals surface area contributed by atoms with Crippen molar-refractivity contribution in [1.29, 1.82) is 0 Å². The van der Waals surface area contributed by atoms with Gasteiger partial charge in [0.2, 0.25) is 5.95 Å². The summed E-state index contributed by atoms with van der Waals surface area (Å²) < 4.78 is 27.1. The van der Waals surface area contributed by atoms with Gasteiger partial charge in [-0.05, 0) is 25.1 Å². The first kappa shape index (κ1) is 18.9. The van der Waals surface area contributed by atoms with Crippen LogP contribution in [0.2, 0.25) is 0 Å². The smallest absolute Gasteiger partial charge is 0.257 e. The van der Waals surface area contributed by atoms with Gasteiger partial charge in [-0.15, -0.1) is 0 Å². The molecule has 0 aromatic carbocycles. The van der Waals surface area contributed by atoms with E-state index in [0.717, 1.165) is 11.0 Å². The maximum Gasteiger partial charge on any atom is 0.257 e. The highest BCUT2D eigenvalue weighted by Gasteiger charge is 2.18. The Morgan fingerprint density at radius 3 is 2.93 bits per heavy atom. The average Bonchev–Trinajstić information content (AvgIpc) is 3.32. The number of aliphatic hydroxyl groups is 1. The van der Waals surface area contributed by atoms with Crippen molar-refractivity contribution in [1.82, 2.24) is 29.7 Å². The van der Waals surface area contributed by atoms with Crippen molar-refractivity contribution in [3.05, 3.63) is 43.0 Å². The number of pyridine rings is 1. The number of halogens is 2. The number of hydrogen-bond acceptors (Lipinski definition) is 6. The highest BCUT2D eigenvalue weighted by Crippen LogP contribution is 2.31. The molecule has 4 aromatic heterocycles. The average molecular weight is 399 g/mol. The molecule has 0 aliphatic carbocycles. The van der Waals surface area contributed by atoms with Crippen molar-refractivity contribution in [3.8, 4) is 22.5 Å². The molecule has 0 saturated carbocycles. The van der Waals surface area contributed by atoms with Crippen LogP contribution < -0.4 is 5.32 Å². The van der Waals surface area contributed by atoms with Crippen LogP contribution in [0, 0.1) is 0 Å². The fourth-order valence-corrected chi connectivity index (χ4v) is 2.96. The molecule has 0 aliphatic heterocycles. The zero-order valence-corrected chi connectivity index (χ0v) is 15.5. The highest BCUT2D eigenvalue weighted by atomic mass is 19.3. The molecule has 4 aromatic rings. The van der Waals surface area contributed by atoms with Gasteiger partial charge in [-0.25, -0.2) is 23.7 Å². The number of aromatic amines is 1. The Labute approximate surface area is 164 Å². The lowest BCUT2D eigenvalue weighted by atomic mass is 10.1. The molecule has 0 radical (unpaired) electrons. The molecule has 0 spiro atoms. The first-order chi connectivity index (χ1) is 14.0. The monoisotopic (exact) mass is 399 g/mol. The second kappa shape index (κ2) is 7.92. The predicted octanol–water partition coefficient (Wildman–Crippen LogP) is 2.94. The lowest BCUT2D eigenvalue weighted by Crippen LogP contribution is -2.16. The topological polar surface area (TPSA) is 105 Å². The van der Waals surface area contributed by atoms with Gasteiger partial charge in [-0.3, -0.25) is 4.68 Å². The number of anilines is 1. The van der Waals surface area contributed by atoms with Crippen LogP contribution in [0.25, 0.3) is 33.5 Å². The number of alkyl halides is 2. The Bertz CT molecular complexity index is 1120. The van der Waals surface area contributed by atoms with Crippen molar-refractivity contribution in [2.24, 2.45) is 0 Å². The number of nitrogens with one attached hydrogen (secondary N) is 2. The third kappa shape index (κ3) is 4.21. The molecule has 8 nitrogen and oxygen atoms in total. The van der Waals surface area contributed by atoms with E-state index in [1.54, 1.807) is 37.8 Å². The Balaban J connectivity index is 1.77. The van der Waals surface area contributed by atoms with E-state index in [2.05, 4.69) is 30.4 Å². The molecular formula is C19H19F2N7O. The van der Waals surface area contributed by atoms with Crippen LogP contribution >= 0.6 is 0 Å². The van der Waals surface area contributed by atoms with Gasteiger partial charge in [0.25, 0.3) is 6.43 Å². The molecule has 0 amide bonds. The van der Waals surface area contributed by atoms with Crippen LogP contribution in [-0.2, 0) is 6.54 Å². The molecule has 0 fully saturated rings. The number of aliphatic hydroxyl groups excluding tert-OH is 1. The van der Waals surface area contributed by atoms with E-state index in [-0.39, 0.29) is 6.54 Å². The van der Waals surface area contributed by atoms with E-state index >= 15 is 0 Å². The summed E-state index contributed by atoms with van der Waals surface area (Å²) in [4.78, 5) is 16.0. The van der Waals surface area contributed by atoms with Crippen LogP contribution in [0.3, 0.4) is 0 Å². The Morgan fingerprint density at radius 2 is 2.14 bits per heavy atom. The second-order valence-electron chi connectivity index (χ2n) is 6.64. The van der Waals surface area contributed by atoms with Crippen LogP contribution in [-0.4, -0.2) is 53.9 Å². The summed E-state index contributed by atoms with van der Waals surface area (Å²) in [6, 6.07) is 5.46. The Kier molecular flexibility index (Phi) is 5.17. The maximum atomic E-state index is 12.9. The van der Waals surface area contributed by atoms with E-state index in [9.17, 15) is 13.9 Å². The van der Waals surface area contributed by atoms with Gasteiger partial charge in [0, 0.05) is 47.8 Å². The molecule has 0 bridgehead atoms. The van der Waals surface area contributed by atoms with Crippen LogP contribution in [0.15, 0.2) is 43.0 Å². The van der Waals surface area contributed by atoms with Crippen LogP contribution in [0.5, 0.6) is 0 Å². The largest absolute Gasteiger partial charge is 0.392 e. The fourth-order valence-electron chi connectivity index (χ4n) is 2.96. The quantitative estimate of drug-likeness (QED) is 0.441. The summed E-state index contributed by atoms with van der Waals surface area (Å²) in [5.41, 5.74) is 3.04. The number of nitrogens with zero attached hydrogens (tertiary/aromatic N) is 5. The minimum Gasteiger partial charge on any atom is -0.392 e. The van der Waals surface area contributed by atoms with Crippen molar-refractivity contribution in [2.75, 3.05) is 11.9 Å². The SMILES string of the molecule is C[C@H](O)CNc1nccc(-c2cn(CC(F)F)nc2-c2cnc3[nH]ccc3c2)n1. The number of rotatable bonds is 7. The van der Waals surface area contributed by atoms with E-state index in [4.69, 9.17) is 0 Å². The fraction of sp³-hybridized carbons (Fsp3) is 0.263. The van der Waals surface area contributed by atoms with Crippen molar-refractivity contribution < 1.29 is 13.9 Å². The predicted molar refractivity (Wildman–Crippen MR) is 105 cm³/mol. The molecule has 0 unspecified atom stereocenters. The first-order valence-electron chi connectivity index (χ1n) is 9.04. The maximum absolute atomic E-state index is 12.9. The first-order valence-corrected chi connectivity index (χ1v) is 9.04. The summed E-state index contributed by atoms with van der Waals surface area (Å²) in [6.07, 6.45) is 3.44.